The van der Waals surface area contributed by atoms with Crippen molar-refractivity contribution >= 4 is 44.4 Å². The summed E-state index contributed by atoms with van der Waals surface area (Å²) < 4.78 is 16.3. The number of pyridine rings is 3. The van der Waals surface area contributed by atoms with Crippen LogP contribution >= 0.6 is 0 Å². The van der Waals surface area contributed by atoms with Gasteiger partial charge in [-0.15, -0.1) is 0 Å². The predicted molar refractivity (Wildman–Crippen MR) is 148 cm³/mol. The van der Waals surface area contributed by atoms with Crippen molar-refractivity contribution in [1.82, 2.24) is 19.4 Å². The molecule has 1 aliphatic heterocycles. The molecule has 0 unspecified atom stereocenters. The number of hydrogen-bond donors (Lipinski definition) is 1. The van der Waals surface area contributed by atoms with Crippen molar-refractivity contribution in [2.24, 2.45) is 0 Å². The molecule has 0 spiro atoms. The van der Waals surface area contributed by atoms with E-state index in [1.807, 2.05) is 31.0 Å². The molecule has 1 N–H and O–H groups in total. The minimum atomic E-state index is -1.30. The van der Waals surface area contributed by atoms with E-state index in [0.29, 0.717) is 30.8 Å². The zero-order valence-electron chi connectivity index (χ0n) is 22.0. The second-order valence-corrected chi connectivity index (χ2v) is 9.29. The fraction of sp³-hybridized carbons (Fsp3) is 0.241. The Labute approximate surface area is 247 Å². The fourth-order valence-corrected chi connectivity index (χ4v) is 4.78. The number of carbonyl (C=O) groups is 1. The van der Waals surface area contributed by atoms with Crippen molar-refractivity contribution in [2.45, 2.75) is 13.5 Å². The molecule has 1 radical (unpaired) electrons. The molecule has 4 heterocycles. The number of anilines is 1. The maximum absolute atomic E-state index is 14.6. The van der Waals surface area contributed by atoms with Crippen LogP contribution in [0, 0.1) is 5.82 Å². The van der Waals surface area contributed by atoms with E-state index in [1.54, 1.807) is 23.0 Å². The van der Waals surface area contributed by atoms with Gasteiger partial charge in [0.25, 0.3) is 0 Å². The number of aromatic nitrogens is 3. The Morgan fingerprint density at radius 3 is 2.08 bits per heavy atom. The van der Waals surface area contributed by atoms with Gasteiger partial charge in [0.2, 0.25) is 5.43 Å². The molecule has 2 aromatic carbocycles. The Bertz CT molecular complexity index is 1670. The van der Waals surface area contributed by atoms with Crippen molar-refractivity contribution in [3.8, 4) is 0 Å². The van der Waals surface area contributed by atoms with Gasteiger partial charge in [0, 0.05) is 67.5 Å². The van der Waals surface area contributed by atoms with Crippen LogP contribution in [-0.4, -0.2) is 63.7 Å². The number of benzene rings is 2. The maximum atomic E-state index is 14.6. The van der Waals surface area contributed by atoms with Gasteiger partial charge in [-0.3, -0.25) is 14.8 Å². The summed E-state index contributed by atoms with van der Waals surface area (Å²) in [5, 5.41) is 11.6. The smallest absolute Gasteiger partial charge is 1.00 e. The number of hydrogen-bond acceptors (Lipinski definition) is 6. The number of aryl methyl sites for hydroxylation is 1. The molecule has 1 fully saturated rings. The Hall–Kier alpha value is -3.56. The summed E-state index contributed by atoms with van der Waals surface area (Å²) in [7, 11) is 2.02. The molecule has 6 rings (SSSR count). The second kappa shape index (κ2) is 13.2. The average molecular weight is 605 g/mol. The molecule has 207 valence electrons. The third kappa shape index (κ3) is 6.10. The van der Waals surface area contributed by atoms with Gasteiger partial charge in [0.1, 0.15) is 11.4 Å². The molecule has 0 saturated carbocycles. The minimum Gasteiger partial charge on any atom is -1.00 e. The van der Waals surface area contributed by atoms with E-state index in [9.17, 15) is 19.1 Å². The second-order valence-electron chi connectivity index (χ2n) is 9.29. The van der Waals surface area contributed by atoms with Gasteiger partial charge in [-0.25, -0.2) is 9.18 Å². The topological polar surface area (TPSA) is 91.6 Å². The van der Waals surface area contributed by atoms with Gasteiger partial charge in [0.05, 0.1) is 22.2 Å². The number of piperazine rings is 1. The standard InChI is InChI=1S/C17H20FN3O3.C12H8N2.ClH.Fe/c1-3-20-10-12(17(23)24)16(22)11-8-13(18)15(9-14(11)20)21-6-4-19(2)5-7-21;1-3-9-5-6-10-4-2-8-14-12(10)11(9)13-7-1;;/h8-10H,3-7H2,1-2H3,(H,23,24);1-8H;1H;/q;;;+3/p-1. The Morgan fingerprint density at radius 2 is 1.55 bits per heavy atom. The van der Waals surface area contributed by atoms with Gasteiger partial charge in [0.15, 0.2) is 0 Å². The van der Waals surface area contributed by atoms with E-state index in [4.69, 9.17) is 0 Å². The van der Waals surface area contributed by atoms with E-state index in [-0.39, 0.29) is 40.4 Å². The fourth-order valence-electron chi connectivity index (χ4n) is 4.78. The summed E-state index contributed by atoms with van der Waals surface area (Å²) in [6, 6.07) is 15.0. The van der Waals surface area contributed by atoms with Gasteiger partial charge in [-0.05, 0) is 38.2 Å². The molecule has 3 aromatic heterocycles. The van der Waals surface area contributed by atoms with E-state index in [1.165, 1.54) is 12.3 Å². The molecule has 8 nitrogen and oxygen atoms in total. The van der Waals surface area contributed by atoms with Crippen molar-refractivity contribution in [2.75, 3.05) is 38.1 Å². The van der Waals surface area contributed by atoms with Crippen LogP contribution in [0.4, 0.5) is 10.1 Å². The molecule has 40 heavy (non-hydrogen) atoms. The molecular formula is C29H28ClFFeN5O3+2. The minimum absolute atomic E-state index is 0. The molecule has 0 amide bonds. The quantitative estimate of drug-likeness (QED) is 0.246. The van der Waals surface area contributed by atoms with Crippen molar-refractivity contribution in [3.05, 3.63) is 88.7 Å². The van der Waals surface area contributed by atoms with Crippen molar-refractivity contribution in [3.63, 3.8) is 0 Å². The van der Waals surface area contributed by atoms with Crippen LogP contribution in [0.3, 0.4) is 0 Å². The summed E-state index contributed by atoms with van der Waals surface area (Å²) in [6.45, 7) is 5.45. The Balaban J connectivity index is 0.000000235. The Kier molecular flexibility index (Phi) is 10.2. The molecule has 0 aliphatic carbocycles. The first-order valence-corrected chi connectivity index (χ1v) is 12.5. The molecular weight excluding hydrogens is 577 g/mol. The first kappa shape index (κ1) is 31.0. The number of carboxylic acids is 1. The van der Waals surface area contributed by atoms with Gasteiger partial charge < -0.3 is 31.9 Å². The monoisotopic (exact) mass is 604 g/mol. The number of likely N-dealkylation sites (N-methyl/N-ethyl adjacent to an activating group) is 1. The summed E-state index contributed by atoms with van der Waals surface area (Å²) in [5.74, 6) is -1.79. The van der Waals surface area contributed by atoms with Crippen LogP contribution in [0.15, 0.2) is 71.9 Å². The molecule has 5 aromatic rings. The van der Waals surface area contributed by atoms with E-state index in [0.717, 1.165) is 34.9 Å². The van der Waals surface area contributed by atoms with Crippen LogP contribution in [0.2, 0.25) is 0 Å². The van der Waals surface area contributed by atoms with Crippen LogP contribution in [0.25, 0.3) is 32.7 Å². The van der Waals surface area contributed by atoms with E-state index >= 15 is 0 Å². The van der Waals surface area contributed by atoms with Gasteiger partial charge in [-0.1, -0.05) is 24.3 Å². The van der Waals surface area contributed by atoms with Gasteiger partial charge in [-0.2, -0.15) is 0 Å². The van der Waals surface area contributed by atoms with Crippen LogP contribution in [-0.2, 0) is 23.6 Å². The number of fused-ring (bicyclic) bond motifs is 4. The number of halogens is 2. The zero-order valence-corrected chi connectivity index (χ0v) is 23.9. The Morgan fingerprint density at radius 1 is 0.975 bits per heavy atom. The largest absolute Gasteiger partial charge is 3.00 e. The van der Waals surface area contributed by atoms with E-state index in [2.05, 4.69) is 39.1 Å². The number of carboxylic acid groups (broad SMARTS) is 1. The van der Waals surface area contributed by atoms with Crippen LogP contribution in [0.5, 0.6) is 0 Å². The molecule has 0 atom stereocenters. The molecule has 1 saturated heterocycles. The number of nitrogens with zero attached hydrogens (tertiary/aromatic N) is 5. The maximum Gasteiger partial charge on any atom is 3.00 e. The number of aromatic carboxylic acids is 1. The molecule has 1 aliphatic rings. The summed E-state index contributed by atoms with van der Waals surface area (Å²) in [5.41, 5.74) is 1.99. The third-order valence-corrected chi connectivity index (χ3v) is 6.91. The third-order valence-electron chi connectivity index (χ3n) is 6.91. The van der Waals surface area contributed by atoms with E-state index < -0.39 is 17.2 Å². The summed E-state index contributed by atoms with van der Waals surface area (Å²) >= 11 is 0. The summed E-state index contributed by atoms with van der Waals surface area (Å²) in [6.07, 6.45) is 4.94. The predicted octanol–water partition coefficient (Wildman–Crippen LogP) is 1.40. The van der Waals surface area contributed by atoms with Crippen LogP contribution in [0.1, 0.15) is 17.3 Å². The van der Waals surface area contributed by atoms with Crippen molar-refractivity contribution in [1.29, 1.82) is 0 Å². The zero-order chi connectivity index (χ0) is 26.8. The molecule has 0 bridgehead atoms. The normalized spacial score (nSPS) is 13.3. The summed E-state index contributed by atoms with van der Waals surface area (Å²) in [4.78, 5) is 36.4. The number of rotatable bonds is 3. The van der Waals surface area contributed by atoms with Crippen LogP contribution < -0.4 is 22.7 Å². The first-order valence-electron chi connectivity index (χ1n) is 12.5. The molecule has 11 heteroatoms. The SMILES string of the molecule is CCn1cc(C(=O)O)c(=O)c2cc(F)c(N3CCN(C)CC3)cc21.[Cl-].[Fe+3].c1cnc2c(c1)ccc1cccnc12. The average Bonchev–Trinajstić information content (AvgIpc) is 2.94. The first-order chi connectivity index (χ1) is 18.4. The van der Waals surface area contributed by atoms with Gasteiger partial charge >= 0.3 is 23.0 Å². The van der Waals surface area contributed by atoms with Crippen molar-refractivity contribution < 1.29 is 43.8 Å².